The SMILES string of the molecule is O=C(O)c1csc(-c2cncnc2)c1. The lowest BCUT2D eigenvalue weighted by molar-refractivity contribution is 0.0697. The first-order chi connectivity index (χ1) is 6.77. The van der Waals surface area contributed by atoms with E-state index in [4.69, 9.17) is 5.11 Å². The van der Waals surface area contributed by atoms with E-state index in [1.54, 1.807) is 23.8 Å². The van der Waals surface area contributed by atoms with Gasteiger partial charge in [0.25, 0.3) is 0 Å². The topological polar surface area (TPSA) is 63.1 Å². The van der Waals surface area contributed by atoms with Crippen LogP contribution < -0.4 is 0 Å². The van der Waals surface area contributed by atoms with E-state index in [1.165, 1.54) is 17.7 Å². The lowest BCUT2D eigenvalue weighted by atomic mass is 10.2. The average Bonchev–Trinajstić information content (AvgIpc) is 2.68. The van der Waals surface area contributed by atoms with Gasteiger partial charge in [0.15, 0.2) is 0 Å². The van der Waals surface area contributed by atoms with E-state index in [9.17, 15) is 4.79 Å². The van der Waals surface area contributed by atoms with E-state index >= 15 is 0 Å². The van der Waals surface area contributed by atoms with Crippen LogP contribution in [0.5, 0.6) is 0 Å². The number of aromatic nitrogens is 2. The first-order valence-corrected chi connectivity index (χ1v) is 4.72. The van der Waals surface area contributed by atoms with E-state index in [2.05, 4.69) is 9.97 Å². The third-order valence-electron chi connectivity index (χ3n) is 1.69. The van der Waals surface area contributed by atoms with Crippen LogP contribution in [0.3, 0.4) is 0 Å². The zero-order valence-corrected chi connectivity index (χ0v) is 7.86. The Kier molecular flexibility index (Phi) is 2.24. The maximum absolute atomic E-state index is 10.6. The van der Waals surface area contributed by atoms with Crippen molar-refractivity contribution in [2.75, 3.05) is 0 Å². The van der Waals surface area contributed by atoms with Gasteiger partial charge in [0.1, 0.15) is 6.33 Å². The number of rotatable bonds is 2. The Bertz CT molecular complexity index is 453. The number of thiophene rings is 1. The molecule has 0 atom stereocenters. The minimum absolute atomic E-state index is 0.300. The second-order valence-electron chi connectivity index (χ2n) is 2.63. The van der Waals surface area contributed by atoms with Crippen molar-refractivity contribution in [3.63, 3.8) is 0 Å². The summed E-state index contributed by atoms with van der Waals surface area (Å²) in [7, 11) is 0. The van der Waals surface area contributed by atoms with Crippen LogP contribution in [0.15, 0.2) is 30.2 Å². The third-order valence-corrected chi connectivity index (χ3v) is 2.67. The van der Waals surface area contributed by atoms with Crippen molar-refractivity contribution >= 4 is 17.3 Å². The Morgan fingerprint density at radius 1 is 1.36 bits per heavy atom. The molecule has 0 spiro atoms. The Balaban J connectivity index is 2.39. The maximum Gasteiger partial charge on any atom is 0.336 e. The van der Waals surface area contributed by atoms with E-state index in [-0.39, 0.29) is 0 Å². The number of carboxylic acid groups (broad SMARTS) is 1. The van der Waals surface area contributed by atoms with Crippen molar-refractivity contribution in [1.29, 1.82) is 0 Å². The second-order valence-corrected chi connectivity index (χ2v) is 3.54. The smallest absolute Gasteiger partial charge is 0.336 e. The molecule has 2 rings (SSSR count). The van der Waals surface area contributed by atoms with Gasteiger partial charge in [-0.25, -0.2) is 14.8 Å². The van der Waals surface area contributed by atoms with Gasteiger partial charge in [0.05, 0.1) is 5.56 Å². The highest BCUT2D eigenvalue weighted by atomic mass is 32.1. The van der Waals surface area contributed by atoms with Crippen LogP contribution in [0.4, 0.5) is 0 Å². The zero-order chi connectivity index (χ0) is 9.97. The monoisotopic (exact) mass is 206 g/mol. The van der Waals surface area contributed by atoms with Gasteiger partial charge in [0, 0.05) is 28.2 Å². The molecule has 0 aromatic carbocycles. The number of carbonyl (C=O) groups is 1. The van der Waals surface area contributed by atoms with Crippen LogP contribution >= 0.6 is 11.3 Å². The number of hydrogen-bond acceptors (Lipinski definition) is 4. The van der Waals surface area contributed by atoms with E-state index < -0.39 is 5.97 Å². The molecule has 2 aromatic heterocycles. The molecular weight excluding hydrogens is 200 g/mol. The van der Waals surface area contributed by atoms with Gasteiger partial charge in [-0.2, -0.15) is 0 Å². The summed E-state index contributed by atoms with van der Waals surface area (Å²) in [5.41, 5.74) is 1.14. The summed E-state index contributed by atoms with van der Waals surface area (Å²) in [6, 6.07) is 1.62. The molecule has 0 bridgehead atoms. The van der Waals surface area contributed by atoms with E-state index in [0.717, 1.165) is 10.4 Å². The third kappa shape index (κ3) is 1.62. The van der Waals surface area contributed by atoms with Crippen molar-refractivity contribution in [3.05, 3.63) is 35.7 Å². The van der Waals surface area contributed by atoms with Gasteiger partial charge < -0.3 is 5.11 Å². The highest BCUT2D eigenvalue weighted by Crippen LogP contribution is 2.25. The van der Waals surface area contributed by atoms with Crippen LogP contribution in [0.25, 0.3) is 10.4 Å². The molecule has 70 valence electrons. The predicted octanol–water partition coefficient (Wildman–Crippen LogP) is 1.90. The van der Waals surface area contributed by atoms with Gasteiger partial charge in [-0.15, -0.1) is 11.3 Å². The van der Waals surface area contributed by atoms with Gasteiger partial charge in [0.2, 0.25) is 0 Å². The maximum atomic E-state index is 10.6. The molecule has 4 nitrogen and oxygen atoms in total. The van der Waals surface area contributed by atoms with Gasteiger partial charge >= 0.3 is 5.97 Å². The Morgan fingerprint density at radius 3 is 2.64 bits per heavy atom. The molecule has 0 aliphatic rings. The number of aromatic carboxylic acids is 1. The van der Waals surface area contributed by atoms with Crippen molar-refractivity contribution in [2.45, 2.75) is 0 Å². The summed E-state index contributed by atoms with van der Waals surface area (Å²) in [5, 5.41) is 10.3. The molecule has 2 aromatic rings. The summed E-state index contributed by atoms with van der Waals surface area (Å²) in [5.74, 6) is -0.913. The summed E-state index contributed by atoms with van der Waals surface area (Å²) in [4.78, 5) is 19.2. The minimum atomic E-state index is -0.913. The number of nitrogens with zero attached hydrogens (tertiary/aromatic N) is 2. The lowest BCUT2D eigenvalue weighted by Gasteiger charge is -1.92. The first kappa shape index (κ1) is 8.83. The molecule has 0 saturated heterocycles. The summed E-state index contributed by atoms with van der Waals surface area (Å²) >= 11 is 1.37. The van der Waals surface area contributed by atoms with Crippen LogP contribution in [0, 0.1) is 0 Å². The Hall–Kier alpha value is -1.75. The van der Waals surface area contributed by atoms with E-state index in [0.29, 0.717) is 5.56 Å². The second kappa shape index (κ2) is 3.55. The standard InChI is InChI=1S/C9H6N2O2S/c12-9(13)6-1-8(14-4-6)7-2-10-5-11-3-7/h1-5H,(H,12,13). The highest BCUT2D eigenvalue weighted by molar-refractivity contribution is 7.13. The van der Waals surface area contributed by atoms with Crippen molar-refractivity contribution in [1.82, 2.24) is 9.97 Å². The van der Waals surface area contributed by atoms with Crippen LogP contribution in [-0.4, -0.2) is 21.0 Å². The lowest BCUT2D eigenvalue weighted by Crippen LogP contribution is -1.91. The number of carboxylic acids is 1. The molecule has 1 N–H and O–H groups in total. The van der Waals surface area contributed by atoms with Gasteiger partial charge in [-0.1, -0.05) is 0 Å². The van der Waals surface area contributed by atoms with Crippen molar-refractivity contribution in [2.24, 2.45) is 0 Å². The predicted molar refractivity (Wildman–Crippen MR) is 52.3 cm³/mol. The zero-order valence-electron chi connectivity index (χ0n) is 7.04. The van der Waals surface area contributed by atoms with Crippen molar-refractivity contribution < 1.29 is 9.90 Å². The molecule has 0 aliphatic carbocycles. The first-order valence-electron chi connectivity index (χ1n) is 3.84. The molecule has 2 heterocycles. The molecule has 0 unspecified atom stereocenters. The highest BCUT2D eigenvalue weighted by Gasteiger charge is 2.07. The van der Waals surface area contributed by atoms with E-state index in [1.807, 2.05) is 0 Å². The normalized spacial score (nSPS) is 10.0. The molecule has 0 fully saturated rings. The summed E-state index contributed by atoms with van der Waals surface area (Å²) in [6.07, 6.45) is 4.75. The molecule has 0 aliphatic heterocycles. The molecule has 0 saturated carbocycles. The summed E-state index contributed by atoms with van der Waals surface area (Å²) < 4.78 is 0. The van der Waals surface area contributed by atoms with Crippen molar-refractivity contribution in [3.8, 4) is 10.4 Å². The molecule has 0 radical (unpaired) electrons. The van der Waals surface area contributed by atoms with Crippen LogP contribution in [-0.2, 0) is 0 Å². The van der Waals surface area contributed by atoms with Gasteiger partial charge in [-0.05, 0) is 6.07 Å². The minimum Gasteiger partial charge on any atom is -0.478 e. The van der Waals surface area contributed by atoms with Crippen LogP contribution in [0.1, 0.15) is 10.4 Å². The quantitative estimate of drug-likeness (QED) is 0.815. The fourth-order valence-electron chi connectivity index (χ4n) is 1.03. The molecule has 14 heavy (non-hydrogen) atoms. The Morgan fingerprint density at radius 2 is 2.07 bits per heavy atom. The number of hydrogen-bond donors (Lipinski definition) is 1. The summed E-state index contributed by atoms with van der Waals surface area (Å²) in [6.45, 7) is 0. The Labute approximate surface area is 83.9 Å². The average molecular weight is 206 g/mol. The largest absolute Gasteiger partial charge is 0.478 e. The molecule has 5 heteroatoms. The fraction of sp³-hybridized carbons (Fsp3) is 0. The molecule has 0 amide bonds. The molecular formula is C9H6N2O2S. The van der Waals surface area contributed by atoms with Gasteiger partial charge in [-0.3, -0.25) is 0 Å². The fourth-order valence-corrected chi connectivity index (χ4v) is 1.89. The van der Waals surface area contributed by atoms with Crippen LogP contribution in [0.2, 0.25) is 0 Å².